The van der Waals surface area contributed by atoms with Crippen molar-refractivity contribution in [2.75, 3.05) is 20.1 Å². The highest BCUT2D eigenvalue weighted by atomic mass is 16.5. The Morgan fingerprint density at radius 2 is 1.59 bits per heavy atom. The van der Waals surface area contributed by atoms with Gasteiger partial charge in [0.1, 0.15) is 36.0 Å². The summed E-state index contributed by atoms with van der Waals surface area (Å²) in [5.74, 6) is -4.00. The van der Waals surface area contributed by atoms with Gasteiger partial charge in [-0.3, -0.25) is 28.9 Å². The summed E-state index contributed by atoms with van der Waals surface area (Å²) in [6.45, 7) is 3.81. The molecule has 4 heterocycles. The molecule has 14 heteroatoms. The molecule has 56 heavy (non-hydrogen) atoms. The van der Waals surface area contributed by atoms with Crippen molar-refractivity contribution in [2.24, 2.45) is 0 Å². The monoisotopic (exact) mass is 766 g/mol. The van der Waals surface area contributed by atoms with E-state index in [1.54, 1.807) is 38.2 Å². The molecule has 1 aromatic heterocycles. The summed E-state index contributed by atoms with van der Waals surface area (Å²) in [5.41, 5.74) is 1.06. The van der Waals surface area contributed by atoms with Crippen molar-refractivity contribution < 1.29 is 38.6 Å². The Balaban J connectivity index is 1.45. The minimum atomic E-state index is -1.54. The second kappa shape index (κ2) is 17.9. The zero-order valence-electron chi connectivity index (χ0n) is 32.0. The fourth-order valence-electron chi connectivity index (χ4n) is 8.12. The third-order valence-electron chi connectivity index (χ3n) is 11.1. The van der Waals surface area contributed by atoms with Crippen molar-refractivity contribution in [3.05, 3.63) is 95.8 Å². The van der Waals surface area contributed by atoms with Gasteiger partial charge in [0.15, 0.2) is 11.5 Å². The summed E-state index contributed by atoms with van der Waals surface area (Å²) in [6, 6.07) is 14.8. The molecule has 296 valence electrons. The van der Waals surface area contributed by atoms with Gasteiger partial charge in [0.2, 0.25) is 17.7 Å². The molecule has 0 radical (unpaired) electrons. The number of aromatic hydroxyl groups is 1. The number of fused-ring (bicyclic) bond motifs is 2. The van der Waals surface area contributed by atoms with E-state index in [0.29, 0.717) is 44.2 Å². The van der Waals surface area contributed by atoms with Gasteiger partial charge in [-0.05, 0) is 62.3 Å². The molecule has 7 unspecified atom stereocenters. The van der Waals surface area contributed by atoms with Crippen LogP contribution >= 0.6 is 0 Å². The van der Waals surface area contributed by atoms with Crippen LogP contribution in [0, 0.1) is 0 Å². The van der Waals surface area contributed by atoms with Gasteiger partial charge in [0.25, 0.3) is 5.91 Å². The number of amides is 4. The van der Waals surface area contributed by atoms with E-state index in [4.69, 9.17) is 4.74 Å². The standard InChI is InChI=1S/C42H50N6O8/c1-4-29-40(53)48-24-14-20-31(48)41(54)46(3)32(25-27-15-7-5-8-16-27)37(50)30-19-11-12-23-47(30)36(28-17-9-6-10-18-28)42(55)56-26(2)34(38(51)44-29)45-39(52)35-33(49)21-13-22-43-35/h5-10,13,15-18,21-22,26,29-32,34,36,49H,4,11-12,14,19-20,23-25H2,1-3H3,(H,44,51)(H,45,52). The molecule has 3 aliphatic rings. The lowest BCUT2D eigenvalue weighted by molar-refractivity contribution is -0.160. The number of ether oxygens (including phenoxy) is 1. The molecular formula is C42H50N6O8. The quantitative estimate of drug-likeness (QED) is 0.316. The van der Waals surface area contributed by atoms with E-state index < -0.39 is 71.8 Å². The van der Waals surface area contributed by atoms with Crippen molar-refractivity contribution in [3.63, 3.8) is 0 Å². The largest absolute Gasteiger partial charge is 0.505 e. The zero-order chi connectivity index (χ0) is 39.9. The molecule has 0 saturated carbocycles. The Hall–Kier alpha value is -5.63. The first-order valence-corrected chi connectivity index (χ1v) is 19.4. The summed E-state index contributed by atoms with van der Waals surface area (Å²) in [7, 11) is 1.60. The van der Waals surface area contributed by atoms with Crippen molar-refractivity contribution in [1.29, 1.82) is 0 Å². The molecule has 6 rings (SSSR count). The first kappa shape index (κ1) is 40.0. The molecule has 3 aliphatic heterocycles. The lowest BCUT2D eigenvalue weighted by atomic mass is 9.88. The number of carbonyl (C=O) groups excluding carboxylic acids is 6. The van der Waals surface area contributed by atoms with Gasteiger partial charge in [0, 0.05) is 32.8 Å². The van der Waals surface area contributed by atoms with Crippen LogP contribution in [0.1, 0.15) is 80.0 Å². The summed E-state index contributed by atoms with van der Waals surface area (Å²) in [4.78, 5) is 94.8. The Kier molecular flexibility index (Phi) is 12.8. The number of Topliss-reactive ketones (excluding diaryl/α,β-unsaturated/α-hetero) is 1. The predicted octanol–water partition coefficient (Wildman–Crippen LogP) is 2.95. The summed E-state index contributed by atoms with van der Waals surface area (Å²) < 4.78 is 6.09. The van der Waals surface area contributed by atoms with Gasteiger partial charge in [-0.25, -0.2) is 9.78 Å². The number of hydrogen-bond acceptors (Lipinski definition) is 10. The third kappa shape index (κ3) is 8.60. The Bertz CT molecular complexity index is 1910. The van der Waals surface area contributed by atoms with Gasteiger partial charge in [0.05, 0.1) is 12.1 Å². The molecule has 0 bridgehead atoms. The van der Waals surface area contributed by atoms with Gasteiger partial charge in [-0.2, -0.15) is 0 Å². The number of pyridine rings is 1. The number of benzene rings is 2. The second-order valence-electron chi connectivity index (χ2n) is 14.7. The maximum atomic E-state index is 15.1. The van der Waals surface area contributed by atoms with Crippen LogP contribution in [-0.2, 0) is 35.1 Å². The molecule has 3 aromatic rings. The Morgan fingerprint density at radius 3 is 2.29 bits per heavy atom. The van der Waals surface area contributed by atoms with E-state index in [2.05, 4.69) is 15.6 Å². The van der Waals surface area contributed by atoms with E-state index in [1.807, 2.05) is 41.3 Å². The van der Waals surface area contributed by atoms with Crippen LogP contribution in [-0.4, -0.2) is 117 Å². The maximum absolute atomic E-state index is 15.1. The highest BCUT2D eigenvalue weighted by Crippen LogP contribution is 2.33. The zero-order valence-corrected chi connectivity index (χ0v) is 32.0. The van der Waals surface area contributed by atoms with Crippen molar-refractivity contribution in [3.8, 4) is 5.75 Å². The number of esters is 1. The lowest BCUT2D eigenvalue weighted by Crippen LogP contribution is -2.59. The van der Waals surface area contributed by atoms with Crippen molar-refractivity contribution >= 4 is 35.4 Å². The number of cyclic esters (lactones) is 1. The average molecular weight is 767 g/mol. The Morgan fingerprint density at radius 1 is 0.893 bits per heavy atom. The van der Waals surface area contributed by atoms with Crippen LogP contribution < -0.4 is 10.6 Å². The molecular weight excluding hydrogens is 716 g/mol. The van der Waals surface area contributed by atoms with Gasteiger partial charge in [-0.1, -0.05) is 74.0 Å². The van der Waals surface area contributed by atoms with Crippen molar-refractivity contribution in [2.45, 2.75) is 101 Å². The van der Waals surface area contributed by atoms with Crippen LogP contribution in [0.15, 0.2) is 79.0 Å². The third-order valence-corrected chi connectivity index (χ3v) is 11.1. The van der Waals surface area contributed by atoms with Gasteiger partial charge < -0.3 is 30.3 Å². The molecule has 0 spiro atoms. The number of nitrogens with zero attached hydrogens (tertiary/aromatic N) is 4. The number of ketones is 1. The summed E-state index contributed by atoms with van der Waals surface area (Å²) in [5, 5.41) is 15.7. The Labute approximate surface area is 326 Å². The smallest absolute Gasteiger partial charge is 0.328 e. The van der Waals surface area contributed by atoms with Crippen molar-refractivity contribution in [1.82, 2.24) is 30.3 Å². The highest BCUT2D eigenvalue weighted by molar-refractivity contribution is 6.00. The molecule has 3 saturated heterocycles. The normalized spacial score (nSPS) is 27.1. The van der Waals surface area contributed by atoms with Crippen LogP contribution in [0.2, 0.25) is 0 Å². The number of carbonyl (C=O) groups is 6. The van der Waals surface area contributed by atoms with E-state index in [1.165, 1.54) is 35.1 Å². The summed E-state index contributed by atoms with van der Waals surface area (Å²) >= 11 is 0. The van der Waals surface area contributed by atoms with Gasteiger partial charge in [-0.15, -0.1) is 0 Å². The molecule has 14 nitrogen and oxygen atoms in total. The fourth-order valence-corrected chi connectivity index (χ4v) is 8.12. The first-order valence-electron chi connectivity index (χ1n) is 19.4. The van der Waals surface area contributed by atoms with E-state index >= 15 is 4.79 Å². The van der Waals surface area contributed by atoms with Gasteiger partial charge >= 0.3 is 5.97 Å². The number of hydrogen-bond donors (Lipinski definition) is 3. The number of piperidine rings is 1. The first-order chi connectivity index (χ1) is 27.0. The van der Waals surface area contributed by atoms with E-state index in [9.17, 15) is 29.1 Å². The van der Waals surface area contributed by atoms with E-state index in [-0.39, 0.29) is 36.8 Å². The molecule has 3 fully saturated rings. The number of rotatable bonds is 6. The molecule has 0 aliphatic carbocycles. The fraction of sp³-hybridized carbons (Fsp3) is 0.452. The van der Waals surface area contributed by atoms with Crippen LogP contribution in [0.4, 0.5) is 0 Å². The average Bonchev–Trinajstić information content (AvgIpc) is 3.71. The molecule has 2 aromatic carbocycles. The minimum absolute atomic E-state index is 0.148. The number of aromatic nitrogens is 1. The lowest BCUT2D eigenvalue weighted by Gasteiger charge is -2.42. The topological polar surface area (TPSA) is 179 Å². The van der Waals surface area contributed by atoms with Crippen LogP contribution in [0.25, 0.3) is 0 Å². The molecule has 7 atom stereocenters. The maximum Gasteiger partial charge on any atom is 0.328 e. The van der Waals surface area contributed by atoms with Crippen LogP contribution in [0.5, 0.6) is 5.75 Å². The predicted molar refractivity (Wildman–Crippen MR) is 205 cm³/mol. The highest BCUT2D eigenvalue weighted by Gasteiger charge is 2.46. The molecule has 3 N–H and O–H groups in total. The second-order valence-corrected chi connectivity index (χ2v) is 14.7. The van der Waals surface area contributed by atoms with Crippen LogP contribution in [0.3, 0.4) is 0 Å². The minimum Gasteiger partial charge on any atom is -0.505 e. The molecule has 4 amide bonds. The van der Waals surface area contributed by atoms with E-state index in [0.717, 1.165) is 5.56 Å². The number of likely N-dealkylation sites (N-methyl/N-ethyl adjacent to an activating group) is 1. The summed E-state index contributed by atoms with van der Waals surface area (Å²) in [6.07, 6.45) is 3.15. The number of nitrogens with one attached hydrogen (secondary N) is 2. The SMILES string of the molecule is CCC1NC(=O)C(NC(=O)c2ncccc2O)C(C)OC(=O)C(c2ccccc2)N2CCCCC2C(=O)C(Cc2ccccc2)N(C)C(=O)C2CCCN2C1=O.